The van der Waals surface area contributed by atoms with E-state index in [0.717, 1.165) is 49.8 Å². The molecule has 0 saturated heterocycles. The summed E-state index contributed by atoms with van der Waals surface area (Å²) in [6, 6.07) is 2.79. The molecule has 0 aliphatic heterocycles. The van der Waals surface area contributed by atoms with Crippen LogP contribution in [0.5, 0.6) is 0 Å². The first-order valence-corrected chi connectivity index (χ1v) is 7.13. The molecule has 0 bridgehead atoms. The first kappa shape index (κ1) is 14.2. The monoisotopic (exact) mass is 288 g/mol. The smallest absolute Gasteiger partial charge is 0.363 e. The van der Waals surface area contributed by atoms with E-state index in [-0.39, 0.29) is 4.88 Å². The zero-order valence-electron chi connectivity index (χ0n) is 10.6. The van der Waals surface area contributed by atoms with E-state index in [2.05, 4.69) is 0 Å². The topological polar surface area (TPSA) is 27.0 Å². The van der Waals surface area contributed by atoms with E-state index in [4.69, 9.17) is 5.26 Å². The maximum Gasteiger partial charge on any atom is 0.418 e. The Morgan fingerprint density at radius 2 is 2.16 bits per heavy atom. The molecular weight excluding hydrogens is 273 g/mol. The molecule has 1 aliphatic rings. The third kappa shape index (κ3) is 3.41. The van der Waals surface area contributed by atoms with Crippen molar-refractivity contribution in [2.75, 3.05) is 18.0 Å². The first-order valence-electron chi connectivity index (χ1n) is 6.31. The lowest BCUT2D eigenvalue weighted by Crippen LogP contribution is -2.25. The highest BCUT2D eigenvalue weighted by Crippen LogP contribution is 2.41. The minimum absolute atomic E-state index is 0.237. The van der Waals surface area contributed by atoms with Crippen molar-refractivity contribution in [1.29, 1.82) is 5.26 Å². The van der Waals surface area contributed by atoms with Gasteiger partial charge in [-0.2, -0.15) is 18.4 Å². The molecule has 0 spiro atoms. The van der Waals surface area contributed by atoms with Crippen molar-refractivity contribution in [2.24, 2.45) is 5.92 Å². The summed E-state index contributed by atoms with van der Waals surface area (Å²) < 4.78 is 38.4. The Bertz CT molecular complexity index is 483. The fraction of sp³-hybridized carbons (Fsp3) is 0.615. The summed E-state index contributed by atoms with van der Waals surface area (Å²) in [6.07, 6.45) is -1.25. The van der Waals surface area contributed by atoms with Gasteiger partial charge in [-0.3, -0.25) is 0 Å². The Labute approximate surface area is 114 Å². The molecule has 1 aliphatic carbocycles. The van der Waals surface area contributed by atoms with Crippen LogP contribution in [0.2, 0.25) is 0 Å². The lowest BCUT2D eigenvalue weighted by Gasteiger charge is -2.22. The van der Waals surface area contributed by atoms with Crippen LogP contribution in [-0.2, 0) is 6.18 Å². The maximum atomic E-state index is 12.8. The van der Waals surface area contributed by atoms with Crippen LogP contribution in [0, 0.1) is 17.2 Å². The molecule has 0 N–H and O–H groups in total. The highest BCUT2D eigenvalue weighted by Gasteiger charge is 2.36. The quantitative estimate of drug-likeness (QED) is 0.809. The van der Waals surface area contributed by atoms with Gasteiger partial charge in [0.05, 0.1) is 10.6 Å². The Hall–Kier alpha value is -1.22. The predicted molar refractivity (Wildman–Crippen MR) is 69.3 cm³/mol. The SMILES string of the molecule is CCCN(CC1CC1)c1cc(C(F)(F)F)c(C#N)s1. The fourth-order valence-corrected chi connectivity index (χ4v) is 3.01. The van der Waals surface area contributed by atoms with Gasteiger partial charge in [-0.25, -0.2) is 0 Å². The average molecular weight is 288 g/mol. The number of anilines is 1. The Morgan fingerprint density at radius 1 is 1.47 bits per heavy atom. The summed E-state index contributed by atoms with van der Waals surface area (Å²) in [5.41, 5.74) is -0.799. The van der Waals surface area contributed by atoms with Gasteiger partial charge in [0, 0.05) is 13.1 Å². The van der Waals surface area contributed by atoms with Gasteiger partial charge in [0.1, 0.15) is 10.9 Å². The molecule has 0 atom stereocenters. The van der Waals surface area contributed by atoms with E-state index in [1.54, 1.807) is 6.07 Å². The van der Waals surface area contributed by atoms with Crippen molar-refractivity contribution >= 4 is 16.3 Å². The van der Waals surface area contributed by atoms with E-state index in [1.807, 2.05) is 11.8 Å². The van der Waals surface area contributed by atoms with Crippen LogP contribution in [-0.4, -0.2) is 13.1 Å². The van der Waals surface area contributed by atoms with Crippen LogP contribution in [0.1, 0.15) is 36.6 Å². The summed E-state index contributed by atoms with van der Waals surface area (Å²) >= 11 is 0.949. The van der Waals surface area contributed by atoms with Crippen molar-refractivity contribution in [3.8, 4) is 6.07 Å². The molecular formula is C13H15F3N2S. The number of nitriles is 1. The molecule has 2 nitrogen and oxygen atoms in total. The van der Waals surface area contributed by atoms with Crippen molar-refractivity contribution in [3.63, 3.8) is 0 Å². The summed E-state index contributed by atoms with van der Waals surface area (Å²) in [6.45, 7) is 3.54. The highest BCUT2D eigenvalue weighted by molar-refractivity contribution is 7.16. The second-order valence-electron chi connectivity index (χ2n) is 4.83. The van der Waals surface area contributed by atoms with E-state index in [9.17, 15) is 13.2 Å². The van der Waals surface area contributed by atoms with Crippen LogP contribution in [0.4, 0.5) is 18.2 Å². The molecule has 1 aromatic heterocycles. The Kier molecular flexibility index (Phi) is 4.04. The number of nitrogens with zero attached hydrogens (tertiary/aromatic N) is 2. The molecule has 6 heteroatoms. The lowest BCUT2D eigenvalue weighted by molar-refractivity contribution is -0.137. The summed E-state index contributed by atoms with van der Waals surface area (Å²) in [5.74, 6) is 0.605. The molecule has 1 aromatic rings. The second-order valence-corrected chi connectivity index (χ2v) is 5.86. The van der Waals surface area contributed by atoms with Crippen molar-refractivity contribution in [1.82, 2.24) is 0 Å². The summed E-state index contributed by atoms with van der Waals surface area (Å²) in [4.78, 5) is 1.75. The summed E-state index contributed by atoms with van der Waals surface area (Å²) in [5, 5.41) is 9.41. The largest absolute Gasteiger partial charge is 0.418 e. The van der Waals surface area contributed by atoms with Gasteiger partial charge in [-0.05, 0) is 31.2 Å². The standard InChI is InChI=1S/C13H15F3N2S/c1-2-5-18(8-9-3-4-9)12-6-10(13(14,15)16)11(7-17)19-12/h6,9H,2-5,8H2,1H3. The van der Waals surface area contributed by atoms with Gasteiger partial charge in [0.2, 0.25) is 0 Å². The molecule has 0 aromatic carbocycles. The number of alkyl halides is 3. The third-order valence-corrected chi connectivity index (χ3v) is 4.21. The predicted octanol–water partition coefficient (Wildman–Crippen LogP) is 4.26. The number of hydrogen-bond donors (Lipinski definition) is 0. The molecule has 19 heavy (non-hydrogen) atoms. The van der Waals surface area contributed by atoms with Crippen molar-refractivity contribution < 1.29 is 13.2 Å². The Balaban J connectivity index is 2.26. The average Bonchev–Trinajstić information content (AvgIpc) is 3.03. The van der Waals surface area contributed by atoms with E-state index in [1.165, 1.54) is 0 Å². The molecule has 0 amide bonds. The highest BCUT2D eigenvalue weighted by atomic mass is 32.1. The van der Waals surface area contributed by atoms with Crippen LogP contribution in [0.3, 0.4) is 0 Å². The van der Waals surface area contributed by atoms with Crippen LogP contribution >= 0.6 is 11.3 Å². The zero-order chi connectivity index (χ0) is 14.0. The second kappa shape index (κ2) is 5.41. The minimum atomic E-state index is -4.45. The molecule has 0 radical (unpaired) electrons. The third-order valence-electron chi connectivity index (χ3n) is 3.11. The molecule has 1 saturated carbocycles. The zero-order valence-corrected chi connectivity index (χ0v) is 11.4. The number of halogens is 3. The maximum absolute atomic E-state index is 12.8. The van der Waals surface area contributed by atoms with Gasteiger partial charge in [-0.15, -0.1) is 11.3 Å². The van der Waals surface area contributed by atoms with Crippen LogP contribution in [0.25, 0.3) is 0 Å². The Morgan fingerprint density at radius 3 is 2.58 bits per heavy atom. The minimum Gasteiger partial charge on any atom is -0.363 e. The number of hydrogen-bond acceptors (Lipinski definition) is 3. The number of thiophene rings is 1. The molecule has 1 heterocycles. The lowest BCUT2D eigenvalue weighted by atomic mass is 10.2. The van der Waals surface area contributed by atoms with Crippen molar-refractivity contribution in [3.05, 3.63) is 16.5 Å². The van der Waals surface area contributed by atoms with E-state index in [0.29, 0.717) is 10.9 Å². The first-order chi connectivity index (χ1) is 8.95. The molecule has 1 fully saturated rings. The molecule has 2 rings (SSSR count). The van der Waals surface area contributed by atoms with Crippen LogP contribution < -0.4 is 4.90 Å². The number of rotatable bonds is 5. The van der Waals surface area contributed by atoms with Gasteiger partial charge in [0.25, 0.3) is 0 Å². The van der Waals surface area contributed by atoms with Crippen molar-refractivity contribution in [2.45, 2.75) is 32.4 Å². The van der Waals surface area contributed by atoms with Gasteiger partial charge in [0.15, 0.2) is 0 Å². The fourth-order valence-electron chi connectivity index (χ4n) is 2.00. The molecule has 104 valence electrons. The van der Waals surface area contributed by atoms with E-state index >= 15 is 0 Å². The van der Waals surface area contributed by atoms with Gasteiger partial charge < -0.3 is 4.90 Å². The van der Waals surface area contributed by atoms with Crippen LogP contribution in [0.15, 0.2) is 6.07 Å². The van der Waals surface area contributed by atoms with Gasteiger partial charge in [-0.1, -0.05) is 6.92 Å². The van der Waals surface area contributed by atoms with E-state index < -0.39 is 11.7 Å². The summed E-state index contributed by atoms with van der Waals surface area (Å²) in [7, 11) is 0. The normalized spacial score (nSPS) is 15.3. The molecule has 0 unspecified atom stereocenters. The van der Waals surface area contributed by atoms with Gasteiger partial charge >= 0.3 is 6.18 Å².